The highest BCUT2D eigenvalue weighted by molar-refractivity contribution is 6.30. The van der Waals surface area contributed by atoms with Crippen LogP contribution in [0.15, 0.2) is 59.7 Å². The Hall–Kier alpha value is -1.45. The zero-order valence-corrected chi connectivity index (χ0v) is 12.8. The molecule has 1 aromatic carbocycles. The van der Waals surface area contributed by atoms with E-state index in [4.69, 9.17) is 16.3 Å². The van der Waals surface area contributed by atoms with Gasteiger partial charge in [-0.15, -0.1) is 0 Å². The molecule has 1 heterocycles. The summed E-state index contributed by atoms with van der Waals surface area (Å²) in [5, 5.41) is 0.510. The van der Waals surface area contributed by atoms with E-state index in [-0.39, 0.29) is 12.2 Å². The van der Waals surface area contributed by atoms with Crippen LogP contribution in [0.5, 0.6) is 0 Å². The molecule has 1 aromatic rings. The molecule has 0 saturated heterocycles. The summed E-state index contributed by atoms with van der Waals surface area (Å²) in [6, 6.07) is 6.33. The molecule has 0 aromatic heterocycles. The van der Waals surface area contributed by atoms with Gasteiger partial charge in [-0.2, -0.15) is 8.78 Å². The first-order chi connectivity index (χ1) is 9.86. The van der Waals surface area contributed by atoms with E-state index in [1.165, 1.54) is 6.92 Å². The summed E-state index contributed by atoms with van der Waals surface area (Å²) >= 11 is 5.79. The van der Waals surface area contributed by atoms with Gasteiger partial charge in [-0.3, -0.25) is 0 Å². The van der Waals surface area contributed by atoms with Crippen molar-refractivity contribution in [3.63, 3.8) is 0 Å². The molecule has 4 heteroatoms. The maximum Gasteiger partial charge on any atom is 0.299 e. The van der Waals surface area contributed by atoms with Gasteiger partial charge in [-0.1, -0.05) is 48.0 Å². The van der Waals surface area contributed by atoms with Crippen molar-refractivity contribution in [3.05, 3.63) is 70.3 Å². The van der Waals surface area contributed by atoms with E-state index in [9.17, 15) is 8.78 Å². The molecule has 0 aliphatic carbocycles. The standard InChI is InChI=1S/C17H17ClF2O/c1-4-11(2)9-14-10-21-16(17(19,20)12(14)3)13-5-7-15(18)8-6-13/h4-9,16H,1,10H2,2-3H3/b11-9-. The minimum absolute atomic E-state index is 0.0369. The molecule has 0 bridgehead atoms. The van der Waals surface area contributed by atoms with E-state index in [1.54, 1.807) is 36.4 Å². The topological polar surface area (TPSA) is 9.23 Å². The van der Waals surface area contributed by atoms with Gasteiger partial charge in [-0.05, 0) is 37.1 Å². The molecule has 1 nitrogen and oxygen atoms in total. The predicted molar refractivity (Wildman–Crippen MR) is 81.7 cm³/mol. The lowest BCUT2D eigenvalue weighted by Crippen LogP contribution is -2.35. The largest absolute Gasteiger partial charge is 0.362 e. The van der Waals surface area contributed by atoms with Crippen LogP contribution in [0.4, 0.5) is 8.78 Å². The molecule has 21 heavy (non-hydrogen) atoms. The van der Waals surface area contributed by atoms with Crippen LogP contribution in [0.2, 0.25) is 5.02 Å². The second-order valence-electron chi connectivity index (χ2n) is 5.11. The van der Waals surface area contributed by atoms with Crippen molar-refractivity contribution in [2.45, 2.75) is 25.9 Å². The van der Waals surface area contributed by atoms with E-state index < -0.39 is 12.0 Å². The van der Waals surface area contributed by atoms with Crippen LogP contribution < -0.4 is 0 Å². The highest BCUT2D eigenvalue weighted by atomic mass is 35.5. The first kappa shape index (κ1) is 15.9. The molecular formula is C17H17ClF2O. The summed E-state index contributed by atoms with van der Waals surface area (Å²) in [5.41, 5.74) is 1.79. The lowest BCUT2D eigenvalue weighted by Gasteiger charge is -2.34. The van der Waals surface area contributed by atoms with Crippen molar-refractivity contribution in [2.75, 3.05) is 6.61 Å². The quantitative estimate of drug-likeness (QED) is 0.670. The Morgan fingerprint density at radius 3 is 2.57 bits per heavy atom. The number of rotatable bonds is 3. The molecule has 0 radical (unpaired) electrons. The molecule has 1 aliphatic rings. The van der Waals surface area contributed by atoms with E-state index in [0.717, 1.165) is 5.57 Å². The van der Waals surface area contributed by atoms with Gasteiger partial charge in [0.2, 0.25) is 0 Å². The molecule has 0 N–H and O–H groups in total. The Kier molecular flexibility index (Phi) is 4.64. The number of ether oxygens (including phenoxy) is 1. The van der Waals surface area contributed by atoms with Crippen molar-refractivity contribution >= 4 is 11.6 Å². The van der Waals surface area contributed by atoms with Crippen molar-refractivity contribution in [1.29, 1.82) is 0 Å². The first-order valence-electron chi connectivity index (χ1n) is 6.62. The number of allylic oxidation sites excluding steroid dienone is 2. The van der Waals surface area contributed by atoms with Gasteiger partial charge in [-0.25, -0.2) is 0 Å². The van der Waals surface area contributed by atoms with Crippen LogP contribution in [0.3, 0.4) is 0 Å². The van der Waals surface area contributed by atoms with Gasteiger partial charge < -0.3 is 4.74 Å². The Morgan fingerprint density at radius 2 is 2.00 bits per heavy atom. The van der Waals surface area contributed by atoms with Gasteiger partial charge in [0.05, 0.1) is 6.61 Å². The second kappa shape index (κ2) is 6.12. The number of hydrogen-bond acceptors (Lipinski definition) is 1. The fraction of sp³-hybridized carbons (Fsp3) is 0.294. The third-order valence-electron chi connectivity index (χ3n) is 3.61. The van der Waals surface area contributed by atoms with E-state index in [2.05, 4.69) is 6.58 Å². The molecule has 0 amide bonds. The SMILES string of the molecule is C=C/C(C)=C\C1=C(C)C(F)(F)C(c2ccc(Cl)cc2)OC1. The summed E-state index contributed by atoms with van der Waals surface area (Å²) < 4.78 is 34.6. The van der Waals surface area contributed by atoms with Gasteiger partial charge >= 0.3 is 0 Å². The van der Waals surface area contributed by atoms with Crippen LogP contribution in [0, 0.1) is 0 Å². The molecular weight excluding hydrogens is 294 g/mol. The smallest absolute Gasteiger partial charge is 0.299 e. The summed E-state index contributed by atoms with van der Waals surface area (Å²) in [6.07, 6.45) is 2.04. The van der Waals surface area contributed by atoms with E-state index >= 15 is 0 Å². The van der Waals surface area contributed by atoms with Gasteiger partial charge in [0.25, 0.3) is 5.92 Å². The number of hydrogen-bond donors (Lipinski definition) is 0. The molecule has 0 fully saturated rings. The van der Waals surface area contributed by atoms with Crippen LogP contribution in [0.25, 0.3) is 0 Å². The zero-order valence-electron chi connectivity index (χ0n) is 12.0. The average Bonchev–Trinajstić information content (AvgIpc) is 2.45. The van der Waals surface area contributed by atoms with Gasteiger partial charge in [0.1, 0.15) is 0 Å². The number of benzene rings is 1. The Labute approximate surface area is 128 Å². The minimum Gasteiger partial charge on any atom is -0.362 e. The fourth-order valence-electron chi connectivity index (χ4n) is 2.22. The Bertz CT molecular complexity index is 600. The molecule has 0 spiro atoms. The maximum absolute atomic E-state index is 14.6. The summed E-state index contributed by atoms with van der Waals surface area (Å²) in [7, 11) is 0. The van der Waals surface area contributed by atoms with Gasteiger partial charge in [0.15, 0.2) is 6.10 Å². The maximum atomic E-state index is 14.6. The monoisotopic (exact) mass is 310 g/mol. The highest BCUT2D eigenvalue weighted by Gasteiger charge is 2.47. The van der Waals surface area contributed by atoms with Crippen molar-refractivity contribution in [3.8, 4) is 0 Å². The molecule has 0 saturated carbocycles. The third kappa shape index (κ3) is 3.25. The number of halogens is 3. The normalized spacial score (nSPS) is 22.3. The van der Waals surface area contributed by atoms with Crippen LogP contribution in [-0.2, 0) is 4.74 Å². The molecule has 1 atom stereocenters. The van der Waals surface area contributed by atoms with Crippen molar-refractivity contribution in [2.24, 2.45) is 0 Å². The Balaban J connectivity index is 2.39. The van der Waals surface area contributed by atoms with E-state index in [0.29, 0.717) is 16.2 Å². The van der Waals surface area contributed by atoms with Crippen molar-refractivity contribution < 1.29 is 13.5 Å². The lowest BCUT2D eigenvalue weighted by atomic mass is 9.91. The molecule has 1 aliphatic heterocycles. The molecule has 1 unspecified atom stereocenters. The van der Waals surface area contributed by atoms with Crippen LogP contribution >= 0.6 is 11.6 Å². The highest BCUT2D eigenvalue weighted by Crippen LogP contribution is 2.45. The summed E-state index contributed by atoms with van der Waals surface area (Å²) in [4.78, 5) is 0. The molecule has 112 valence electrons. The van der Waals surface area contributed by atoms with Crippen LogP contribution in [0.1, 0.15) is 25.5 Å². The minimum atomic E-state index is -3.06. The average molecular weight is 311 g/mol. The first-order valence-corrected chi connectivity index (χ1v) is 7.00. The van der Waals surface area contributed by atoms with Crippen molar-refractivity contribution in [1.82, 2.24) is 0 Å². The Morgan fingerprint density at radius 1 is 1.38 bits per heavy atom. The fourth-order valence-corrected chi connectivity index (χ4v) is 2.35. The molecule has 2 rings (SSSR count). The second-order valence-corrected chi connectivity index (χ2v) is 5.54. The number of alkyl halides is 2. The third-order valence-corrected chi connectivity index (χ3v) is 3.87. The zero-order chi connectivity index (χ0) is 15.6. The van der Waals surface area contributed by atoms with Crippen LogP contribution in [-0.4, -0.2) is 12.5 Å². The van der Waals surface area contributed by atoms with Gasteiger partial charge in [0, 0.05) is 10.6 Å². The summed E-state index contributed by atoms with van der Waals surface area (Å²) in [6.45, 7) is 7.05. The summed E-state index contributed by atoms with van der Waals surface area (Å²) in [5.74, 6) is -3.06. The lowest BCUT2D eigenvalue weighted by molar-refractivity contribution is -0.123. The predicted octanol–water partition coefficient (Wildman–Crippen LogP) is 5.50. The van der Waals surface area contributed by atoms with E-state index in [1.807, 2.05) is 6.92 Å².